The molecule has 2 aliphatic heterocycles. The molecular weight excluding hydrogens is 392 g/mol. The van der Waals surface area contributed by atoms with Gasteiger partial charge >= 0.3 is 0 Å². The van der Waals surface area contributed by atoms with Gasteiger partial charge in [-0.25, -0.2) is 13.4 Å². The molecule has 0 radical (unpaired) electrons. The fourth-order valence-electron chi connectivity index (χ4n) is 3.61. The van der Waals surface area contributed by atoms with Crippen LogP contribution in [0.15, 0.2) is 35.5 Å². The van der Waals surface area contributed by atoms with Gasteiger partial charge in [0.25, 0.3) is 5.91 Å². The molecule has 1 amide bonds. The first-order valence-electron chi connectivity index (χ1n) is 9.83. The predicted molar refractivity (Wildman–Crippen MR) is 111 cm³/mol. The number of anilines is 2. The normalized spacial score (nSPS) is 18.9. The number of rotatable bonds is 5. The Labute approximate surface area is 170 Å². The summed E-state index contributed by atoms with van der Waals surface area (Å²) in [6.45, 7) is 4.89. The number of aromatic amines is 1. The smallest absolute Gasteiger partial charge is 0.272 e. The van der Waals surface area contributed by atoms with Crippen LogP contribution in [-0.2, 0) is 10.0 Å². The number of carbonyl (C=O) groups is 1. The van der Waals surface area contributed by atoms with Crippen LogP contribution in [0, 0.1) is 0 Å². The Kier molecular flexibility index (Phi) is 5.57. The van der Waals surface area contributed by atoms with Crippen molar-refractivity contribution < 1.29 is 13.2 Å². The molecule has 2 fully saturated rings. The van der Waals surface area contributed by atoms with Gasteiger partial charge in [0.15, 0.2) is 0 Å². The summed E-state index contributed by atoms with van der Waals surface area (Å²) >= 11 is 0. The highest BCUT2D eigenvalue weighted by Gasteiger charge is 2.28. The van der Waals surface area contributed by atoms with Crippen LogP contribution in [0.5, 0.6) is 0 Å². The van der Waals surface area contributed by atoms with Crippen molar-refractivity contribution >= 4 is 27.4 Å². The van der Waals surface area contributed by atoms with E-state index < -0.39 is 15.9 Å². The molecule has 156 valence electrons. The van der Waals surface area contributed by atoms with E-state index in [1.165, 1.54) is 16.6 Å². The van der Waals surface area contributed by atoms with Crippen LogP contribution in [0.3, 0.4) is 0 Å². The summed E-state index contributed by atoms with van der Waals surface area (Å²) in [6.07, 6.45) is 4.73. The van der Waals surface area contributed by atoms with E-state index in [-0.39, 0.29) is 10.6 Å². The summed E-state index contributed by atoms with van der Waals surface area (Å²) in [5, 5.41) is 2.76. The number of likely N-dealkylation sites (N-methyl/N-ethyl adjacent to an activating group) is 1. The van der Waals surface area contributed by atoms with Gasteiger partial charge in [-0.3, -0.25) is 4.79 Å². The average molecular weight is 419 g/mol. The second-order valence-corrected chi connectivity index (χ2v) is 9.45. The van der Waals surface area contributed by atoms with Crippen molar-refractivity contribution in [1.82, 2.24) is 19.2 Å². The van der Waals surface area contributed by atoms with Gasteiger partial charge in [0.1, 0.15) is 16.4 Å². The average Bonchev–Trinajstić information content (AvgIpc) is 3.42. The maximum absolute atomic E-state index is 12.6. The first-order valence-corrected chi connectivity index (χ1v) is 11.3. The highest BCUT2D eigenvalue weighted by atomic mass is 32.2. The van der Waals surface area contributed by atoms with Gasteiger partial charge in [0, 0.05) is 45.5 Å². The number of sulfonamides is 1. The van der Waals surface area contributed by atoms with Gasteiger partial charge in [-0.1, -0.05) is 0 Å². The van der Waals surface area contributed by atoms with Crippen molar-refractivity contribution in [3.05, 3.63) is 36.3 Å². The molecule has 0 aromatic carbocycles. The second-order valence-electron chi connectivity index (χ2n) is 7.51. The highest BCUT2D eigenvalue weighted by molar-refractivity contribution is 7.89. The highest BCUT2D eigenvalue weighted by Crippen LogP contribution is 2.22. The van der Waals surface area contributed by atoms with E-state index in [4.69, 9.17) is 0 Å². The van der Waals surface area contributed by atoms with Crippen molar-refractivity contribution in [2.24, 2.45) is 0 Å². The van der Waals surface area contributed by atoms with Gasteiger partial charge < -0.3 is 20.1 Å². The Morgan fingerprint density at radius 3 is 2.48 bits per heavy atom. The number of H-pyrrole nitrogens is 1. The Morgan fingerprint density at radius 1 is 1.10 bits per heavy atom. The molecule has 2 aliphatic rings. The lowest BCUT2D eigenvalue weighted by molar-refractivity contribution is 0.102. The molecule has 0 unspecified atom stereocenters. The third kappa shape index (κ3) is 4.29. The van der Waals surface area contributed by atoms with E-state index in [0.717, 1.165) is 44.8 Å². The molecule has 29 heavy (non-hydrogen) atoms. The van der Waals surface area contributed by atoms with E-state index in [1.54, 1.807) is 6.20 Å². The van der Waals surface area contributed by atoms with Crippen molar-refractivity contribution in [3.8, 4) is 0 Å². The molecule has 2 aromatic rings. The minimum atomic E-state index is -3.55. The zero-order valence-corrected chi connectivity index (χ0v) is 17.3. The standard InChI is InChI=1S/C19H26N6O3S/c1-23-8-10-24(11-9-23)18-5-4-15(13-21-18)22-19(26)17-12-16(14-20-17)29(27,28)25-6-2-3-7-25/h4-5,12-14,20H,2-3,6-11H2,1H3,(H,22,26). The molecule has 0 spiro atoms. The fraction of sp³-hybridized carbons (Fsp3) is 0.474. The summed E-state index contributed by atoms with van der Waals surface area (Å²) in [5.74, 6) is 0.483. The topological polar surface area (TPSA) is 102 Å². The zero-order chi connectivity index (χ0) is 20.4. The number of hydrogen-bond donors (Lipinski definition) is 2. The maximum Gasteiger partial charge on any atom is 0.272 e. The molecule has 4 heterocycles. The minimum absolute atomic E-state index is 0.119. The van der Waals surface area contributed by atoms with Crippen LogP contribution in [0.1, 0.15) is 23.3 Å². The Hall–Kier alpha value is -2.43. The van der Waals surface area contributed by atoms with Crippen LogP contribution < -0.4 is 10.2 Å². The van der Waals surface area contributed by atoms with Crippen LogP contribution in [0.25, 0.3) is 0 Å². The number of piperazine rings is 1. The molecule has 0 bridgehead atoms. The molecule has 10 heteroatoms. The molecular formula is C19H26N6O3S. The van der Waals surface area contributed by atoms with Gasteiger partial charge in [-0.2, -0.15) is 4.31 Å². The lowest BCUT2D eigenvalue weighted by Crippen LogP contribution is -2.44. The molecule has 4 rings (SSSR count). The quantitative estimate of drug-likeness (QED) is 0.757. The lowest BCUT2D eigenvalue weighted by atomic mass is 10.3. The lowest BCUT2D eigenvalue weighted by Gasteiger charge is -2.33. The largest absolute Gasteiger partial charge is 0.356 e. The van der Waals surface area contributed by atoms with Crippen LogP contribution in [0.2, 0.25) is 0 Å². The third-order valence-corrected chi connectivity index (χ3v) is 7.31. The van der Waals surface area contributed by atoms with E-state index >= 15 is 0 Å². The van der Waals surface area contributed by atoms with Gasteiger partial charge in [-0.05, 0) is 38.1 Å². The predicted octanol–water partition coefficient (Wildman–Crippen LogP) is 1.20. The Balaban J connectivity index is 1.40. The molecule has 9 nitrogen and oxygen atoms in total. The minimum Gasteiger partial charge on any atom is -0.356 e. The van der Waals surface area contributed by atoms with Crippen LogP contribution >= 0.6 is 0 Å². The van der Waals surface area contributed by atoms with Gasteiger partial charge in [-0.15, -0.1) is 0 Å². The van der Waals surface area contributed by atoms with Crippen LogP contribution in [-0.4, -0.2) is 79.8 Å². The molecule has 2 saturated heterocycles. The third-order valence-electron chi connectivity index (χ3n) is 5.44. The summed E-state index contributed by atoms with van der Waals surface area (Å²) in [4.78, 5) is 24.3. The summed E-state index contributed by atoms with van der Waals surface area (Å²) in [7, 11) is -1.44. The Morgan fingerprint density at radius 2 is 1.83 bits per heavy atom. The van der Waals surface area contributed by atoms with E-state index in [1.807, 2.05) is 12.1 Å². The summed E-state index contributed by atoms with van der Waals surface area (Å²) in [6, 6.07) is 5.08. The number of carbonyl (C=O) groups excluding carboxylic acids is 1. The van der Waals surface area contributed by atoms with E-state index in [0.29, 0.717) is 18.8 Å². The number of amides is 1. The molecule has 0 saturated carbocycles. The second kappa shape index (κ2) is 8.13. The molecule has 0 atom stereocenters. The molecule has 2 N–H and O–H groups in total. The number of aromatic nitrogens is 2. The number of hydrogen-bond acceptors (Lipinski definition) is 6. The first kappa shape index (κ1) is 19.9. The van der Waals surface area contributed by atoms with Crippen molar-refractivity contribution in [2.45, 2.75) is 17.7 Å². The number of nitrogens with one attached hydrogen (secondary N) is 2. The Bertz CT molecular complexity index is 958. The van der Waals surface area contributed by atoms with Crippen molar-refractivity contribution in [3.63, 3.8) is 0 Å². The van der Waals surface area contributed by atoms with Crippen molar-refractivity contribution in [2.75, 3.05) is 56.5 Å². The zero-order valence-electron chi connectivity index (χ0n) is 16.5. The first-order chi connectivity index (χ1) is 13.9. The molecule has 0 aliphatic carbocycles. The molecule has 2 aromatic heterocycles. The summed E-state index contributed by atoms with van der Waals surface area (Å²) < 4.78 is 26.6. The van der Waals surface area contributed by atoms with Crippen molar-refractivity contribution in [1.29, 1.82) is 0 Å². The number of nitrogens with zero attached hydrogens (tertiary/aromatic N) is 4. The van der Waals surface area contributed by atoms with Gasteiger partial charge in [0.2, 0.25) is 10.0 Å². The summed E-state index contributed by atoms with van der Waals surface area (Å²) in [5.41, 5.74) is 0.761. The maximum atomic E-state index is 12.6. The van der Waals surface area contributed by atoms with E-state index in [2.05, 4.69) is 32.1 Å². The van der Waals surface area contributed by atoms with E-state index in [9.17, 15) is 13.2 Å². The number of pyridine rings is 1. The van der Waals surface area contributed by atoms with Crippen LogP contribution in [0.4, 0.5) is 11.5 Å². The monoisotopic (exact) mass is 418 g/mol. The SMILES string of the molecule is CN1CCN(c2ccc(NC(=O)c3cc(S(=O)(=O)N4CCCC4)c[nH]3)cn2)CC1. The fourth-order valence-corrected chi connectivity index (χ4v) is 5.12. The van der Waals surface area contributed by atoms with Gasteiger partial charge in [0.05, 0.1) is 11.9 Å².